The number of methoxy groups -OCH3 is 1. The molecule has 1 rings (SSSR count). The average molecular weight is 372 g/mol. The monoisotopic (exact) mass is 372 g/mol. The summed E-state index contributed by atoms with van der Waals surface area (Å²) in [5.74, 6) is -1.41. The Hall–Kier alpha value is -1.97. The van der Waals surface area contributed by atoms with E-state index in [1.165, 1.54) is 31.4 Å². The molecule has 0 spiro atoms. The quantitative estimate of drug-likeness (QED) is 0.527. The minimum Gasteiger partial charge on any atom is -0.481 e. The maximum absolute atomic E-state index is 12.4. The number of sulfonamides is 1. The molecule has 0 radical (unpaired) electrons. The molecule has 8 nitrogen and oxygen atoms in total. The number of hydrogen-bond donors (Lipinski definition) is 3. The summed E-state index contributed by atoms with van der Waals surface area (Å²) in [6.07, 6.45) is 0.176. The number of hydrogen-bond acceptors (Lipinski definition) is 5. The molecule has 0 heterocycles. The maximum atomic E-state index is 12.4. The zero-order chi connectivity index (χ0) is 19.1. The van der Waals surface area contributed by atoms with Crippen LogP contribution >= 0.6 is 0 Å². The zero-order valence-electron chi connectivity index (χ0n) is 14.5. The van der Waals surface area contributed by atoms with Crippen molar-refractivity contribution in [2.45, 2.75) is 37.1 Å². The summed E-state index contributed by atoms with van der Waals surface area (Å²) >= 11 is 0. The van der Waals surface area contributed by atoms with Crippen LogP contribution in [0.15, 0.2) is 29.2 Å². The number of carbonyl (C=O) groups is 2. The van der Waals surface area contributed by atoms with Gasteiger partial charge in [-0.3, -0.25) is 9.59 Å². The number of nitrogens with one attached hydrogen (secondary N) is 2. The fourth-order valence-corrected chi connectivity index (χ4v) is 3.09. The Morgan fingerprint density at radius 2 is 1.96 bits per heavy atom. The second kappa shape index (κ2) is 8.93. The Balaban J connectivity index is 2.86. The number of rotatable bonds is 10. The highest BCUT2D eigenvalue weighted by molar-refractivity contribution is 7.89. The molecule has 25 heavy (non-hydrogen) atoms. The second-order valence-electron chi connectivity index (χ2n) is 6.15. The van der Waals surface area contributed by atoms with Crippen molar-refractivity contribution in [1.82, 2.24) is 10.0 Å². The predicted molar refractivity (Wildman–Crippen MR) is 91.9 cm³/mol. The molecule has 0 bridgehead atoms. The lowest BCUT2D eigenvalue weighted by Gasteiger charge is -2.25. The van der Waals surface area contributed by atoms with Gasteiger partial charge in [0.2, 0.25) is 10.0 Å². The van der Waals surface area contributed by atoms with E-state index in [1.54, 1.807) is 13.8 Å². The van der Waals surface area contributed by atoms with Gasteiger partial charge in [0.25, 0.3) is 5.91 Å². The third-order valence-electron chi connectivity index (χ3n) is 3.42. The van der Waals surface area contributed by atoms with Gasteiger partial charge in [-0.05, 0) is 38.5 Å². The van der Waals surface area contributed by atoms with Crippen LogP contribution in [-0.2, 0) is 19.6 Å². The van der Waals surface area contributed by atoms with Gasteiger partial charge in [0, 0.05) is 31.2 Å². The first-order valence-corrected chi connectivity index (χ1v) is 9.19. The van der Waals surface area contributed by atoms with Crippen molar-refractivity contribution in [1.29, 1.82) is 0 Å². The molecule has 0 saturated heterocycles. The second-order valence-corrected chi connectivity index (χ2v) is 7.92. The fourth-order valence-electron chi connectivity index (χ4n) is 2.03. The third-order valence-corrected chi connectivity index (χ3v) is 4.88. The Bertz CT molecular complexity index is 715. The predicted octanol–water partition coefficient (Wildman–Crippen LogP) is 0.984. The van der Waals surface area contributed by atoms with E-state index in [4.69, 9.17) is 9.84 Å². The molecule has 0 unspecified atom stereocenters. The SMILES string of the molecule is COCCNS(=O)(=O)c1cccc(C(=O)NC(C)(C)CCC(=O)O)c1. The molecule has 0 atom stereocenters. The average Bonchev–Trinajstić information content (AvgIpc) is 2.53. The van der Waals surface area contributed by atoms with Crippen LogP contribution < -0.4 is 10.0 Å². The number of carboxylic acid groups (broad SMARTS) is 1. The summed E-state index contributed by atoms with van der Waals surface area (Å²) in [4.78, 5) is 23.0. The summed E-state index contributed by atoms with van der Waals surface area (Å²) in [5.41, 5.74) is -0.556. The molecule has 1 aromatic rings. The standard InChI is InChI=1S/C16H24N2O6S/c1-16(2,8-7-14(19)20)18-15(21)12-5-4-6-13(11-12)25(22,23)17-9-10-24-3/h4-6,11,17H,7-10H2,1-3H3,(H,18,21)(H,19,20). The molecular weight excluding hydrogens is 348 g/mol. The van der Waals surface area contributed by atoms with Crippen LogP contribution in [0.4, 0.5) is 0 Å². The molecule has 3 N–H and O–H groups in total. The summed E-state index contributed by atoms with van der Waals surface area (Å²) < 4.78 is 31.5. The highest BCUT2D eigenvalue weighted by Crippen LogP contribution is 2.15. The van der Waals surface area contributed by atoms with Gasteiger partial charge in [-0.1, -0.05) is 6.07 Å². The topological polar surface area (TPSA) is 122 Å². The first kappa shape index (κ1) is 21.1. The summed E-state index contributed by atoms with van der Waals surface area (Å²) in [6, 6.07) is 5.64. The van der Waals surface area contributed by atoms with Gasteiger partial charge in [-0.15, -0.1) is 0 Å². The molecule has 0 aliphatic heterocycles. The molecular formula is C16H24N2O6S. The molecule has 0 aliphatic carbocycles. The van der Waals surface area contributed by atoms with Crippen LogP contribution in [0.1, 0.15) is 37.0 Å². The van der Waals surface area contributed by atoms with Crippen molar-refractivity contribution >= 4 is 21.9 Å². The van der Waals surface area contributed by atoms with E-state index in [0.717, 1.165) is 0 Å². The van der Waals surface area contributed by atoms with Gasteiger partial charge < -0.3 is 15.2 Å². The number of ether oxygens (including phenoxy) is 1. The Morgan fingerprint density at radius 1 is 1.28 bits per heavy atom. The van der Waals surface area contributed by atoms with E-state index in [-0.39, 0.29) is 36.5 Å². The molecule has 0 fully saturated rings. The minimum absolute atomic E-state index is 0.0282. The largest absolute Gasteiger partial charge is 0.481 e. The van der Waals surface area contributed by atoms with E-state index in [2.05, 4.69) is 10.0 Å². The Kier molecular flexibility index (Phi) is 7.53. The lowest BCUT2D eigenvalue weighted by atomic mass is 9.98. The number of amides is 1. The minimum atomic E-state index is -3.74. The van der Waals surface area contributed by atoms with E-state index >= 15 is 0 Å². The number of carboxylic acids is 1. The van der Waals surface area contributed by atoms with Crippen LogP contribution in [0, 0.1) is 0 Å². The molecule has 0 aliphatic rings. The van der Waals surface area contributed by atoms with Crippen molar-refractivity contribution in [3.8, 4) is 0 Å². The third kappa shape index (κ3) is 7.20. The van der Waals surface area contributed by atoms with E-state index < -0.39 is 27.4 Å². The Morgan fingerprint density at radius 3 is 2.56 bits per heavy atom. The summed E-state index contributed by atoms with van der Waals surface area (Å²) in [7, 11) is -2.28. The zero-order valence-corrected chi connectivity index (χ0v) is 15.4. The highest BCUT2D eigenvalue weighted by Gasteiger charge is 2.23. The van der Waals surface area contributed by atoms with Crippen molar-refractivity contribution in [2.75, 3.05) is 20.3 Å². The van der Waals surface area contributed by atoms with Crippen molar-refractivity contribution in [3.05, 3.63) is 29.8 Å². The lowest BCUT2D eigenvalue weighted by Crippen LogP contribution is -2.43. The first-order valence-electron chi connectivity index (χ1n) is 7.70. The fraction of sp³-hybridized carbons (Fsp3) is 0.500. The first-order chi connectivity index (χ1) is 11.6. The molecule has 1 aromatic carbocycles. The molecule has 0 aromatic heterocycles. The summed E-state index contributed by atoms with van der Waals surface area (Å²) in [6.45, 7) is 3.77. The van der Waals surface area contributed by atoms with Crippen LogP contribution in [0.25, 0.3) is 0 Å². The van der Waals surface area contributed by atoms with E-state index in [1.807, 2.05) is 0 Å². The van der Waals surface area contributed by atoms with Gasteiger partial charge in [-0.2, -0.15) is 0 Å². The van der Waals surface area contributed by atoms with Crippen LogP contribution in [0.3, 0.4) is 0 Å². The summed E-state index contributed by atoms with van der Waals surface area (Å²) in [5, 5.41) is 11.5. The number of aliphatic carboxylic acids is 1. The Labute approximate surface area is 147 Å². The van der Waals surface area contributed by atoms with Crippen molar-refractivity contribution in [2.24, 2.45) is 0 Å². The highest BCUT2D eigenvalue weighted by atomic mass is 32.2. The number of carbonyl (C=O) groups excluding carboxylic acids is 1. The van der Waals surface area contributed by atoms with Gasteiger partial charge in [0.05, 0.1) is 11.5 Å². The maximum Gasteiger partial charge on any atom is 0.303 e. The smallest absolute Gasteiger partial charge is 0.303 e. The molecule has 140 valence electrons. The van der Waals surface area contributed by atoms with Gasteiger partial charge in [-0.25, -0.2) is 13.1 Å². The molecule has 0 saturated carbocycles. The molecule has 9 heteroatoms. The van der Waals surface area contributed by atoms with Crippen LogP contribution in [0.2, 0.25) is 0 Å². The van der Waals surface area contributed by atoms with Crippen LogP contribution in [0.5, 0.6) is 0 Å². The van der Waals surface area contributed by atoms with Crippen molar-refractivity contribution < 1.29 is 27.9 Å². The lowest BCUT2D eigenvalue weighted by molar-refractivity contribution is -0.137. The van der Waals surface area contributed by atoms with Gasteiger partial charge in [0.1, 0.15) is 0 Å². The number of benzene rings is 1. The molecule has 1 amide bonds. The van der Waals surface area contributed by atoms with Crippen molar-refractivity contribution in [3.63, 3.8) is 0 Å². The van der Waals surface area contributed by atoms with E-state index in [0.29, 0.717) is 0 Å². The normalized spacial score (nSPS) is 12.0. The van der Waals surface area contributed by atoms with Crippen LogP contribution in [-0.4, -0.2) is 51.2 Å². The van der Waals surface area contributed by atoms with E-state index in [9.17, 15) is 18.0 Å². The van der Waals surface area contributed by atoms with Gasteiger partial charge >= 0.3 is 5.97 Å². The van der Waals surface area contributed by atoms with Gasteiger partial charge in [0.15, 0.2) is 0 Å².